The lowest BCUT2D eigenvalue weighted by Crippen LogP contribution is -1.90. The molecule has 0 bridgehead atoms. The maximum atomic E-state index is 5.95. The molecule has 0 spiro atoms. The van der Waals surface area contributed by atoms with Crippen molar-refractivity contribution < 1.29 is 0 Å². The molecular formula is C11H11Cl3N2. The van der Waals surface area contributed by atoms with Crippen molar-refractivity contribution in [3.05, 3.63) is 47.0 Å². The molecule has 0 N–H and O–H groups in total. The van der Waals surface area contributed by atoms with E-state index in [2.05, 4.69) is 4.98 Å². The molecule has 0 saturated carbocycles. The summed E-state index contributed by atoms with van der Waals surface area (Å²) < 4.78 is 1.93. The van der Waals surface area contributed by atoms with Gasteiger partial charge < -0.3 is 4.57 Å². The van der Waals surface area contributed by atoms with Crippen LogP contribution in [0.2, 0.25) is 5.02 Å². The van der Waals surface area contributed by atoms with Gasteiger partial charge >= 0.3 is 0 Å². The number of aromatic nitrogens is 2. The van der Waals surface area contributed by atoms with Crippen LogP contribution in [0.25, 0.3) is 5.69 Å². The van der Waals surface area contributed by atoms with E-state index in [0.29, 0.717) is 5.88 Å². The minimum atomic E-state index is 0. The highest BCUT2D eigenvalue weighted by Crippen LogP contribution is 2.19. The van der Waals surface area contributed by atoms with E-state index in [9.17, 15) is 0 Å². The summed E-state index contributed by atoms with van der Waals surface area (Å²) in [5, 5.41) is 0.774. The van der Waals surface area contributed by atoms with Crippen LogP contribution in [0.4, 0.5) is 0 Å². The van der Waals surface area contributed by atoms with Gasteiger partial charge in [0.15, 0.2) is 0 Å². The molecule has 0 atom stereocenters. The number of benzene rings is 1. The highest BCUT2D eigenvalue weighted by atomic mass is 35.5. The molecule has 0 aliphatic rings. The van der Waals surface area contributed by atoms with Gasteiger partial charge in [0.05, 0.1) is 17.9 Å². The highest BCUT2D eigenvalue weighted by molar-refractivity contribution is 6.31. The van der Waals surface area contributed by atoms with Crippen LogP contribution < -0.4 is 0 Å². The average molecular weight is 278 g/mol. The standard InChI is InChI=1S/C11H10Cl2N2.ClH/c1-8-4-10(2-3-11(8)13)15-6-9(5-12)14-7-15;/h2-4,6-7H,5H2,1H3;1H. The van der Waals surface area contributed by atoms with Crippen LogP contribution >= 0.6 is 35.6 Å². The lowest BCUT2D eigenvalue weighted by molar-refractivity contribution is 1.05. The Morgan fingerprint density at radius 3 is 2.69 bits per heavy atom. The monoisotopic (exact) mass is 276 g/mol. The number of nitrogens with zero attached hydrogens (tertiary/aromatic N) is 2. The zero-order valence-electron chi connectivity index (χ0n) is 8.65. The van der Waals surface area contributed by atoms with Crippen molar-refractivity contribution in [2.45, 2.75) is 12.8 Å². The van der Waals surface area contributed by atoms with Crippen LogP contribution in [0, 0.1) is 6.92 Å². The number of hydrogen-bond donors (Lipinski definition) is 0. The third kappa shape index (κ3) is 2.70. The van der Waals surface area contributed by atoms with Crippen molar-refractivity contribution in [2.75, 3.05) is 0 Å². The maximum Gasteiger partial charge on any atom is 0.0995 e. The maximum absolute atomic E-state index is 5.95. The average Bonchev–Trinajstić information content (AvgIpc) is 2.70. The van der Waals surface area contributed by atoms with Gasteiger partial charge in [-0.3, -0.25) is 0 Å². The van der Waals surface area contributed by atoms with Gasteiger partial charge in [-0.25, -0.2) is 4.98 Å². The second-order valence-corrected chi connectivity index (χ2v) is 4.01. The fraction of sp³-hybridized carbons (Fsp3) is 0.182. The van der Waals surface area contributed by atoms with Gasteiger partial charge in [-0.1, -0.05) is 11.6 Å². The van der Waals surface area contributed by atoms with Crippen LogP contribution in [-0.4, -0.2) is 9.55 Å². The fourth-order valence-corrected chi connectivity index (χ4v) is 1.62. The van der Waals surface area contributed by atoms with Crippen molar-refractivity contribution in [2.24, 2.45) is 0 Å². The molecule has 0 amide bonds. The van der Waals surface area contributed by atoms with Crippen LogP contribution in [0.5, 0.6) is 0 Å². The number of hydrogen-bond acceptors (Lipinski definition) is 1. The molecule has 16 heavy (non-hydrogen) atoms. The Hall–Kier alpha value is -0.700. The van der Waals surface area contributed by atoms with Gasteiger partial charge in [-0.05, 0) is 30.7 Å². The molecule has 2 nitrogen and oxygen atoms in total. The zero-order chi connectivity index (χ0) is 10.8. The quantitative estimate of drug-likeness (QED) is 0.759. The minimum Gasteiger partial charge on any atom is -0.306 e. The first-order valence-electron chi connectivity index (χ1n) is 4.56. The van der Waals surface area contributed by atoms with Gasteiger partial charge in [0.1, 0.15) is 0 Å². The third-order valence-corrected chi connectivity index (χ3v) is 2.91. The minimum absolute atomic E-state index is 0. The molecule has 86 valence electrons. The predicted molar refractivity (Wildman–Crippen MR) is 70.1 cm³/mol. The molecule has 1 aromatic heterocycles. The summed E-state index contributed by atoms with van der Waals surface area (Å²) in [6.07, 6.45) is 3.66. The molecule has 0 saturated heterocycles. The number of halogens is 3. The van der Waals surface area contributed by atoms with Crippen molar-refractivity contribution in [1.82, 2.24) is 9.55 Å². The Balaban J connectivity index is 0.00000128. The fourth-order valence-electron chi connectivity index (χ4n) is 1.36. The molecule has 2 aromatic rings. The molecule has 1 aromatic carbocycles. The molecule has 0 aliphatic carbocycles. The Kier molecular flexibility index (Phi) is 4.66. The molecule has 0 aliphatic heterocycles. The van der Waals surface area contributed by atoms with Gasteiger partial charge in [0, 0.05) is 16.9 Å². The van der Waals surface area contributed by atoms with E-state index in [0.717, 1.165) is 22.0 Å². The van der Waals surface area contributed by atoms with E-state index in [4.69, 9.17) is 23.2 Å². The smallest absolute Gasteiger partial charge is 0.0995 e. The second-order valence-electron chi connectivity index (χ2n) is 3.34. The van der Waals surface area contributed by atoms with E-state index < -0.39 is 0 Å². The van der Waals surface area contributed by atoms with Crippen LogP contribution in [0.3, 0.4) is 0 Å². The summed E-state index contributed by atoms with van der Waals surface area (Å²) in [4.78, 5) is 4.16. The second kappa shape index (κ2) is 5.58. The van der Waals surface area contributed by atoms with Crippen LogP contribution in [0.15, 0.2) is 30.7 Å². The molecule has 5 heteroatoms. The Labute approximate surface area is 111 Å². The van der Waals surface area contributed by atoms with Crippen molar-refractivity contribution in [1.29, 1.82) is 0 Å². The first-order valence-corrected chi connectivity index (χ1v) is 5.47. The van der Waals surface area contributed by atoms with E-state index in [-0.39, 0.29) is 12.4 Å². The topological polar surface area (TPSA) is 17.8 Å². The summed E-state index contributed by atoms with van der Waals surface area (Å²) >= 11 is 11.6. The third-order valence-electron chi connectivity index (χ3n) is 2.21. The zero-order valence-corrected chi connectivity index (χ0v) is 11.0. The summed E-state index contributed by atoms with van der Waals surface area (Å²) in [6, 6.07) is 5.85. The van der Waals surface area contributed by atoms with Crippen molar-refractivity contribution in [3.8, 4) is 5.69 Å². The molecule has 0 fully saturated rings. The summed E-state index contributed by atoms with van der Waals surface area (Å²) in [7, 11) is 0. The lowest BCUT2D eigenvalue weighted by atomic mass is 10.2. The van der Waals surface area contributed by atoms with Crippen LogP contribution in [0.1, 0.15) is 11.3 Å². The first-order chi connectivity index (χ1) is 7.20. The number of imidazole rings is 1. The van der Waals surface area contributed by atoms with E-state index in [1.54, 1.807) is 6.33 Å². The van der Waals surface area contributed by atoms with Gasteiger partial charge in [-0.2, -0.15) is 0 Å². The van der Waals surface area contributed by atoms with Gasteiger partial charge in [-0.15, -0.1) is 24.0 Å². The first kappa shape index (κ1) is 13.4. The summed E-state index contributed by atoms with van der Waals surface area (Å²) in [5.41, 5.74) is 2.96. The Morgan fingerprint density at radius 1 is 1.38 bits per heavy atom. The molecule has 0 unspecified atom stereocenters. The Morgan fingerprint density at radius 2 is 2.12 bits per heavy atom. The Bertz CT molecular complexity index is 480. The van der Waals surface area contributed by atoms with Crippen LogP contribution in [-0.2, 0) is 5.88 Å². The number of alkyl halides is 1. The van der Waals surface area contributed by atoms with Crippen molar-refractivity contribution >= 4 is 35.6 Å². The van der Waals surface area contributed by atoms with Gasteiger partial charge in [0.25, 0.3) is 0 Å². The highest BCUT2D eigenvalue weighted by Gasteiger charge is 2.01. The molecule has 2 rings (SSSR count). The SMILES string of the molecule is Cc1cc(-n2cnc(CCl)c2)ccc1Cl.Cl. The summed E-state index contributed by atoms with van der Waals surface area (Å²) in [6.45, 7) is 1.98. The summed E-state index contributed by atoms with van der Waals surface area (Å²) in [5.74, 6) is 0.430. The predicted octanol–water partition coefficient (Wildman–Crippen LogP) is 3.99. The normalized spacial score (nSPS) is 9.94. The van der Waals surface area contributed by atoms with Gasteiger partial charge in [0.2, 0.25) is 0 Å². The largest absolute Gasteiger partial charge is 0.306 e. The van der Waals surface area contributed by atoms with Crippen molar-refractivity contribution in [3.63, 3.8) is 0 Å². The number of rotatable bonds is 2. The van der Waals surface area contributed by atoms with E-state index in [1.165, 1.54) is 0 Å². The number of aryl methyl sites for hydroxylation is 1. The van der Waals surface area contributed by atoms with E-state index in [1.807, 2.05) is 35.9 Å². The lowest BCUT2D eigenvalue weighted by Gasteiger charge is -2.04. The molecule has 0 radical (unpaired) electrons. The van der Waals surface area contributed by atoms with E-state index >= 15 is 0 Å². The molecule has 1 heterocycles. The molecular weight excluding hydrogens is 266 g/mol.